The first-order valence-electron chi connectivity index (χ1n) is 23.9. The first-order valence-corrected chi connectivity index (χ1v) is 23.9. The molecule has 9 aliphatic rings. The fraction of sp³-hybridized carbons (Fsp3) is 1.00. The Morgan fingerprint density at radius 3 is 1.86 bits per heavy atom. The summed E-state index contributed by atoms with van der Waals surface area (Å²) in [5, 5.41) is 110. The van der Waals surface area contributed by atoms with Gasteiger partial charge in [-0.25, -0.2) is 0 Å². The van der Waals surface area contributed by atoms with Gasteiger partial charge in [0.1, 0.15) is 79.0 Å². The maximum Gasteiger partial charge on any atom is 0.187 e. The number of ether oxygens (including phenoxy) is 7. The molecule has 362 valence electrons. The smallest absolute Gasteiger partial charge is 0.187 e. The van der Waals surface area contributed by atoms with Gasteiger partial charge in [-0.05, 0) is 111 Å². The number of aliphatic hydroxyl groups excluding tert-OH is 10. The van der Waals surface area contributed by atoms with E-state index in [2.05, 4.69) is 33.0 Å². The molecule has 0 aromatic heterocycles. The van der Waals surface area contributed by atoms with Crippen molar-refractivity contribution in [2.45, 2.75) is 202 Å². The Labute approximate surface area is 369 Å². The number of hydrogen-bond acceptors (Lipinski definition) is 18. The van der Waals surface area contributed by atoms with Gasteiger partial charge < -0.3 is 84.2 Å². The minimum Gasteiger partial charge on any atom is -0.394 e. The van der Waals surface area contributed by atoms with Crippen LogP contribution in [0, 0.1) is 52.3 Å². The van der Waals surface area contributed by atoms with Crippen LogP contribution in [-0.2, 0) is 33.2 Å². The Kier molecular flexibility index (Phi) is 13.5. The average Bonchev–Trinajstić information content (AvgIpc) is 3.72. The molecule has 5 heterocycles. The first kappa shape index (κ1) is 47.4. The van der Waals surface area contributed by atoms with Gasteiger partial charge >= 0.3 is 0 Å². The lowest BCUT2D eigenvalue weighted by atomic mass is 9.44. The van der Waals surface area contributed by atoms with Crippen LogP contribution in [-0.4, -0.2) is 187 Å². The van der Waals surface area contributed by atoms with E-state index in [1.165, 1.54) is 25.7 Å². The van der Waals surface area contributed by atoms with E-state index in [9.17, 15) is 51.1 Å². The molecule has 11 N–H and O–H groups in total. The number of aliphatic hydroxyl groups is 10. The topological polar surface area (TPSA) is 279 Å². The molecule has 4 aliphatic carbocycles. The van der Waals surface area contributed by atoms with Gasteiger partial charge in [0.05, 0.1) is 32.0 Å². The number of hydrogen-bond donors (Lipinski definition) is 11. The van der Waals surface area contributed by atoms with Crippen LogP contribution in [0.25, 0.3) is 0 Å². The fourth-order valence-electron chi connectivity index (χ4n) is 14.9. The highest BCUT2D eigenvalue weighted by molar-refractivity contribution is 5.16. The Balaban J connectivity index is 0.833. The van der Waals surface area contributed by atoms with E-state index in [1.807, 2.05) is 0 Å². The van der Waals surface area contributed by atoms with E-state index in [4.69, 9.17) is 33.2 Å². The maximum atomic E-state index is 11.5. The van der Waals surface area contributed by atoms with Gasteiger partial charge in [0, 0.05) is 12.5 Å². The Bertz CT molecular complexity index is 1570. The highest BCUT2D eigenvalue weighted by Crippen LogP contribution is 2.71. The number of fused-ring (bicyclic) bond motifs is 7. The molecule has 63 heavy (non-hydrogen) atoms. The molecule has 0 bridgehead atoms. The molecule has 0 aromatic carbocycles. The van der Waals surface area contributed by atoms with Gasteiger partial charge in [-0.3, -0.25) is 5.32 Å². The molecule has 0 unspecified atom stereocenters. The van der Waals surface area contributed by atoms with Crippen LogP contribution >= 0.6 is 0 Å². The zero-order valence-corrected chi connectivity index (χ0v) is 37.1. The predicted molar refractivity (Wildman–Crippen MR) is 218 cm³/mol. The van der Waals surface area contributed by atoms with Crippen LogP contribution in [0.1, 0.15) is 91.9 Å². The third kappa shape index (κ3) is 7.88. The van der Waals surface area contributed by atoms with E-state index in [1.54, 1.807) is 0 Å². The van der Waals surface area contributed by atoms with Gasteiger partial charge in [0.25, 0.3) is 0 Å². The molecule has 0 amide bonds. The van der Waals surface area contributed by atoms with E-state index >= 15 is 0 Å². The van der Waals surface area contributed by atoms with Gasteiger partial charge in [-0.15, -0.1) is 0 Å². The Hall–Kier alpha value is -0.720. The van der Waals surface area contributed by atoms with Gasteiger partial charge in [0.2, 0.25) is 0 Å². The number of rotatable bonds is 9. The normalized spacial score (nSPS) is 58.2. The summed E-state index contributed by atoms with van der Waals surface area (Å²) in [7, 11) is 0. The van der Waals surface area contributed by atoms with Gasteiger partial charge in [0.15, 0.2) is 18.9 Å². The van der Waals surface area contributed by atoms with Crippen molar-refractivity contribution in [2.24, 2.45) is 52.3 Å². The van der Waals surface area contributed by atoms with Crippen molar-refractivity contribution in [1.82, 2.24) is 5.32 Å². The van der Waals surface area contributed by atoms with Crippen LogP contribution in [0.3, 0.4) is 0 Å². The lowest BCUT2D eigenvalue weighted by Crippen LogP contribution is -2.67. The van der Waals surface area contributed by atoms with Crippen LogP contribution in [0.5, 0.6) is 0 Å². The average molecular weight is 902 g/mol. The number of nitrogens with one attached hydrogen (secondary N) is 1. The van der Waals surface area contributed by atoms with Crippen LogP contribution in [0.15, 0.2) is 0 Å². The molecular weight excluding hydrogens is 826 g/mol. The molecule has 1 spiro atoms. The zero-order valence-electron chi connectivity index (χ0n) is 37.1. The molecule has 9 rings (SSSR count). The standard InChI is InChI=1S/C45H75NO17/c1-19-7-12-45(46-15-19)20(2)30-26(63-45)14-25-23-6-5-21-13-22(8-10-43(21,3)24(23)9-11-44(25,30)4)57-40-37(56)35(54)38(29(18-49)60-40)61-42-39(34(53)32(51)28(17-48)59-42)62-41-36(55)33(52)31(50)27(16-47)58-41/h19-42,46-56H,5-18H2,1-4H3/t19-,20-,21-,22-,23+,24-,25-,26-,27+,28+,29+,30-,31+,32+,33-,34-,35+,36+,37+,38-,39+,40+,41-,42+,43-,44-,45-/m0/s1. The third-order valence-electron chi connectivity index (χ3n) is 18.5. The molecule has 27 atom stereocenters. The SMILES string of the molecule is C[C@H]1CC[C@]2(NC1)O[C@H]1C[C@H]3[C@@H]4CC[C@H]5C[C@@H](O[C@@H]6O[C@H](CO)[C@H](O[C@H]7O[C@H](CO)[C@@H](O)[C@H](O)[C@H]7O[C@@H]7O[C@H](CO)[C@@H](O)[C@H](O)[C@H]7O)[C@H](O)[C@H]6O)CC[C@]5(C)[C@H]4CC[C@]3(C)[C@H]1[C@@H]2C. The van der Waals surface area contributed by atoms with Gasteiger partial charge in [-0.1, -0.05) is 27.7 Å². The first-order chi connectivity index (χ1) is 30.0. The molecular formula is C45H75NO17. The van der Waals surface area contributed by atoms with Crippen molar-refractivity contribution in [1.29, 1.82) is 0 Å². The van der Waals surface area contributed by atoms with Crippen molar-refractivity contribution in [3.63, 3.8) is 0 Å². The molecule has 9 fully saturated rings. The molecule has 0 radical (unpaired) electrons. The zero-order chi connectivity index (χ0) is 44.9. The molecule has 0 aromatic rings. The summed E-state index contributed by atoms with van der Waals surface area (Å²) in [4.78, 5) is 0. The quantitative estimate of drug-likeness (QED) is 0.122. The van der Waals surface area contributed by atoms with Crippen molar-refractivity contribution in [3.05, 3.63) is 0 Å². The van der Waals surface area contributed by atoms with Gasteiger partial charge in [-0.2, -0.15) is 0 Å². The van der Waals surface area contributed by atoms with Crippen molar-refractivity contribution in [3.8, 4) is 0 Å². The minimum atomic E-state index is -1.88. The van der Waals surface area contributed by atoms with E-state index in [0.717, 1.165) is 45.1 Å². The minimum absolute atomic E-state index is 0.146. The summed E-state index contributed by atoms with van der Waals surface area (Å²) in [5.41, 5.74) is 0.241. The molecule has 18 nitrogen and oxygen atoms in total. The summed E-state index contributed by atoms with van der Waals surface area (Å²) < 4.78 is 42.6. The van der Waals surface area contributed by atoms with Crippen molar-refractivity contribution >= 4 is 0 Å². The third-order valence-corrected chi connectivity index (χ3v) is 18.5. The predicted octanol–water partition coefficient (Wildman–Crippen LogP) is -1.16. The van der Waals surface area contributed by atoms with Crippen molar-refractivity contribution in [2.75, 3.05) is 26.4 Å². The second-order valence-electron chi connectivity index (χ2n) is 21.7. The largest absolute Gasteiger partial charge is 0.394 e. The summed E-state index contributed by atoms with van der Waals surface area (Å²) in [6.45, 7) is 8.65. The van der Waals surface area contributed by atoms with Crippen LogP contribution in [0.2, 0.25) is 0 Å². The lowest BCUT2D eigenvalue weighted by molar-refractivity contribution is -0.390. The van der Waals surface area contributed by atoms with E-state index in [0.29, 0.717) is 47.5 Å². The van der Waals surface area contributed by atoms with E-state index < -0.39 is 112 Å². The number of piperidine rings is 1. The van der Waals surface area contributed by atoms with Crippen molar-refractivity contribution < 1.29 is 84.2 Å². The summed E-state index contributed by atoms with van der Waals surface area (Å²) in [6, 6.07) is 0. The Morgan fingerprint density at radius 2 is 1.17 bits per heavy atom. The van der Waals surface area contributed by atoms with E-state index in [-0.39, 0.29) is 22.7 Å². The molecule has 5 saturated heterocycles. The molecule has 5 aliphatic heterocycles. The summed E-state index contributed by atoms with van der Waals surface area (Å²) in [6.07, 6.45) is -13.8. The summed E-state index contributed by atoms with van der Waals surface area (Å²) in [5.74, 6) is 4.08. The second-order valence-corrected chi connectivity index (χ2v) is 21.7. The second kappa shape index (κ2) is 18.0. The van der Waals surface area contributed by atoms with Crippen LogP contribution < -0.4 is 5.32 Å². The monoisotopic (exact) mass is 902 g/mol. The maximum absolute atomic E-state index is 11.5. The highest BCUT2D eigenvalue weighted by Gasteiger charge is 2.69. The molecule has 4 saturated carbocycles. The summed E-state index contributed by atoms with van der Waals surface area (Å²) >= 11 is 0. The Morgan fingerprint density at radius 1 is 0.571 bits per heavy atom. The van der Waals surface area contributed by atoms with Crippen LogP contribution in [0.4, 0.5) is 0 Å². The lowest BCUT2D eigenvalue weighted by Gasteiger charge is -2.61. The molecule has 18 heteroatoms. The highest BCUT2D eigenvalue weighted by atomic mass is 16.8. The fourth-order valence-corrected chi connectivity index (χ4v) is 14.9.